The number of carbonyl (C=O) groups is 1. The normalized spacial score (nSPS) is 12.6. The fraction of sp³-hybridized carbons (Fsp3) is 0.304. The van der Waals surface area contributed by atoms with Gasteiger partial charge in [0.2, 0.25) is 5.91 Å². The Morgan fingerprint density at radius 1 is 1.10 bits per heavy atom. The summed E-state index contributed by atoms with van der Waals surface area (Å²) in [6, 6.07) is 13.2. The predicted molar refractivity (Wildman–Crippen MR) is 114 cm³/mol. The lowest BCUT2D eigenvalue weighted by Crippen LogP contribution is -2.30. The first-order valence-corrected chi connectivity index (χ1v) is 10.4. The van der Waals surface area contributed by atoms with Gasteiger partial charge < -0.3 is 18.8 Å². The minimum Gasteiger partial charge on any atom is -0.486 e. The first-order chi connectivity index (χ1) is 14.6. The molecule has 0 aliphatic carbocycles. The Hall–Kier alpha value is -2.99. The Morgan fingerprint density at radius 2 is 1.87 bits per heavy atom. The molecule has 7 heteroatoms. The number of amides is 1. The molecule has 0 fully saturated rings. The average Bonchev–Trinajstić information content (AvgIpc) is 3.25. The SMILES string of the molecule is CCN(Cc1ccc2c(c1)OCCO2)C(=O)CCc1ncc(-c2ccc(Cl)cc2)o1. The summed E-state index contributed by atoms with van der Waals surface area (Å²) in [5.41, 5.74) is 1.91. The summed E-state index contributed by atoms with van der Waals surface area (Å²) >= 11 is 5.92. The number of aromatic nitrogens is 1. The van der Waals surface area contributed by atoms with E-state index in [0.29, 0.717) is 55.8 Å². The van der Waals surface area contributed by atoms with E-state index >= 15 is 0 Å². The molecule has 0 N–H and O–H groups in total. The Kier molecular flexibility index (Phi) is 6.23. The van der Waals surface area contributed by atoms with Crippen LogP contribution in [-0.4, -0.2) is 35.5 Å². The summed E-state index contributed by atoms with van der Waals surface area (Å²) in [5.74, 6) is 2.75. The van der Waals surface area contributed by atoms with Gasteiger partial charge in [-0.3, -0.25) is 4.79 Å². The molecule has 0 radical (unpaired) electrons. The molecule has 156 valence electrons. The van der Waals surface area contributed by atoms with E-state index in [-0.39, 0.29) is 5.91 Å². The first kappa shape index (κ1) is 20.3. The maximum Gasteiger partial charge on any atom is 0.223 e. The molecule has 1 amide bonds. The van der Waals surface area contributed by atoms with E-state index in [1.165, 1.54) is 0 Å². The lowest BCUT2D eigenvalue weighted by Gasteiger charge is -2.23. The van der Waals surface area contributed by atoms with Crippen LogP contribution in [0, 0.1) is 0 Å². The van der Waals surface area contributed by atoms with Crippen LogP contribution < -0.4 is 9.47 Å². The molecule has 4 rings (SSSR count). The summed E-state index contributed by atoms with van der Waals surface area (Å²) in [6.45, 7) is 4.22. The zero-order valence-electron chi connectivity index (χ0n) is 16.8. The number of ether oxygens (including phenoxy) is 2. The Labute approximate surface area is 180 Å². The van der Waals surface area contributed by atoms with Crippen LogP contribution in [0.25, 0.3) is 11.3 Å². The van der Waals surface area contributed by atoms with Gasteiger partial charge in [0.1, 0.15) is 13.2 Å². The third kappa shape index (κ3) is 4.76. The smallest absolute Gasteiger partial charge is 0.223 e. The van der Waals surface area contributed by atoms with E-state index in [2.05, 4.69) is 4.98 Å². The molecule has 1 aliphatic rings. The number of oxazole rings is 1. The number of fused-ring (bicyclic) bond motifs is 1. The van der Waals surface area contributed by atoms with Crippen molar-refractivity contribution in [3.63, 3.8) is 0 Å². The fourth-order valence-electron chi connectivity index (χ4n) is 3.33. The number of aryl methyl sites for hydroxylation is 1. The highest BCUT2D eigenvalue weighted by Gasteiger charge is 2.17. The van der Waals surface area contributed by atoms with Crippen LogP contribution in [0.15, 0.2) is 53.1 Å². The molecule has 1 aliphatic heterocycles. The van der Waals surface area contributed by atoms with Crippen molar-refractivity contribution in [1.82, 2.24) is 9.88 Å². The molecule has 30 heavy (non-hydrogen) atoms. The summed E-state index contributed by atoms with van der Waals surface area (Å²) < 4.78 is 17.0. The zero-order valence-corrected chi connectivity index (χ0v) is 17.5. The van der Waals surface area contributed by atoms with Crippen molar-refractivity contribution >= 4 is 17.5 Å². The van der Waals surface area contributed by atoms with Crippen molar-refractivity contribution in [2.45, 2.75) is 26.3 Å². The average molecular weight is 427 g/mol. The minimum absolute atomic E-state index is 0.0543. The van der Waals surface area contributed by atoms with Gasteiger partial charge in [0.05, 0.1) is 6.20 Å². The number of rotatable bonds is 7. The van der Waals surface area contributed by atoms with Crippen LogP contribution in [0.4, 0.5) is 0 Å². The largest absolute Gasteiger partial charge is 0.486 e. The highest BCUT2D eigenvalue weighted by molar-refractivity contribution is 6.30. The van der Waals surface area contributed by atoms with Crippen molar-refractivity contribution in [1.29, 1.82) is 0 Å². The summed E-state index contributed by atoms with van der Waals surface area (Å²) in [5, 5.41) is 0.668. The summed E-state index contributed by atoms with van der Waals surface area (Å²) in [7, 11) is 0. The maximum absolute atomic E-state index is 12.7. The summed E-state index contributed by atoms with van der Waals surface area (Å²) in [6.07, 6.45) is 2.46. The van der Waals surface area contributed by atoms with Gasteiger partial charge in [-0.15, -0.1) is 0 Å². The van der Waals surface area contributed by atoms with Gasteiger partial charge in [-0.05, 0) is 48.9 Å². The number of nitrogens with zero attached hydrogens (tertiary/aromatic N) is 2. The molecular weight excluding hydrogens is 404 g/mol. The Bertz CT molecular complexity index is 1020. The Morgan fingerprint density at radius 3 is 2.63 bits per heavy atom. The first-order valence-electron chi connectivity index (χ1n) is 9.99. The van der Waals surface area contributed by atoms with E-state index in [9.17, 15) is 4.79 Å². The van der Waals surface area contributed by atoms with E-state index in [0.717, 1.165) is 22.6 Å². The predicted octanol–water partition coefficient (Wildman–Crippen LogP) is 4.75. The number of carbonyl (C=O) groups excluding carboxylic acids is 1. The minimum atomic E-state index is 0.0543. The fourth-order valence-corrected chi connectivity index (χ4v) is 3.45. The molecule has 0 spiro atoms. The standard InChI is InChI=1S/C23H23ClN2O4/c1-2-26(15-16-3-8-19-20(13-16)29-12-11-28-19)23(27)10-9-22-25-14-21(30-22)17-4-6-18(24)7-5-17/h3-8,13-14H,2,9-12,15H2,1H3. The van der Waals surface area contributed by atoms with Crippen molar-refractivity contribution in [3.05, 3.63) is 65.1 Å². The Balaban J connectivity index is 1.35. The van der Waals surface area contributed by atoms with Crippen molar-refractivity contribution < 1.29 is 18.7 Å². The second kappa shape index (κ2) is 9.22. The molecular formula is C23H23ClN2O4. The molecule has 0 bridgehead atoms. The molecule has 0 atom stereocenters. The molecule has 2 heterocycles. The van der Waals surface area contributed by atoms with Crippen molar-refractivity contribution in [2.24, 2.45) is 0 Å². The van der Waals surface area contributed by atoms with Gasteiger partial charge in [0.25, 0.3) is 0 Å². The number of benzene rings is 2. The van der Waals surface area contributed by atoms with Gasteiger partial charge in [-0.2, -0.15) is 0 Å². The highest BCUT2D eigenvalue weighted by atomic mass is 35.5. The van der Waals surface area contributed by atoms with Crippen LogP contribution in [0.5, 0.6) is 11.5 Å². The van der Waals surface area contributed by atoms with E-state index in [1.54, 1.807) is 18.3 Å². The van der Waals surface area contributed by atoms with Gasteiger partial charge >= 0.3 is 0 Å². The quantitative estimate of drug-likeness (QED) is 0.545. The van der Waals surface area contributed by atoms with E-state index < -0.39 is 0 Å². The topological polar surface area (TPSA) is 64.8 Å². The highest BCUT2D eigenvalue weighted by Crippen LogP contribution is 2.31. The van der Waals surface area contributed by atoms with Crippen LogP contribution in [0.2, 0.25) is 5.02 Å². The van der Waals surface area contributed by atoms with Crippen LogP contribution in [-0.2, 0) is 17.8 Å². The van der Waals surface area contributed by atoms with Crippen molar-refractivity contribution in [3.8, 4) is 22.8 Å². The van der Waals surface area contributed by atoms with Gasteiger partial charge in [0.15, 0.2) is 23.1 Å². The zero-order chi connectivity index (χ0) is 20.9. The van der Waals surface area contributed by atoms with Crippen LogP contribution >= 0.6 is 11.6 Å². The third-order valence-electron chi connectivity index (χ3n) is 4.95. The number of halogens is 1. The number of hydrogen-bond acceptors (Lipinski definition) is 5. The lowest BCUT2D eigenvalue weighted by molar-refractivity contribution is -0.131. The van der Waals surface area contributed by atoms with Gasteiger partial charge in [-0.25, -0.2) is 4.98 Å². The molecule has 0 saturated heterocycles. The molecule has 0 saturated carbocycles. The second-order valence-electron chi connectivity index (χ2n) is 7.01. The van der Waals surface area contributed by atoms with Gasteiger partial charge in [-0.1, -0.05) is 17.7 Å². The lowest BCUT2D eigenvalue weighted by atomic mass is 10.1. The van der Waals surface area contributed by atoms with Crippen LogP contribution in [0.3, 0.4) is 0 Å². The third-order valence-corrected chi connectivity index (χ3v) is 5.20. The van der Waals surface area contributed by atoms with Crippen LogP contribution in [0.1, 0.15) is 24.8 Å². The van der Waals surface area contributed by atoms with E-state index in [1.807, 2.05) is 42.2 Å². The number of hydrogen-bond donors (Lipinski definition) is 0. The monoisotopic (exact) mass is 426 g/mol. The molecule has 6 nitrogen and oxygen atoms in total. The molecule has 2 aromatic carbocycles. The maximum atomic E-state index is 12.7. The van der Waals surface area contributed by atoms with Crippen molar-refractivity contribution in [2.75, 3.05) is 19.8 Å². The molecule has 1 aromatic heterocycles. The second-order valence-corrected chi connectivity index (χ2v) is 7.45. The molecule has 0 unspecified atom stereocenters. The van der Waals surface area contributed by atoms with Gasteiger partial charge in [0, 0.05) is 36.5 Å². The van der Waals surface area contributed by atoms with E-state index in [4.69, 9.17) is 25.5 Å². The summed E-state index contributed by atoms with van der Waals surface area (Å²) in [4.78, 5) is 18.9. The molecule has 3 aromatic rings.